The van der Waals surface area contributed by atoms with Crippen molar-refractivity contribution in [1.82, 2.24) is 4.31 Å². The van der Waals surface area contributed by atoms with Gasteiger partial charge in [0.15, 0.2) is 0 Å². The maximum absolute atomic E-state index is 12.7. The molecule has 0 aliphatic carbocycles. The monoisotopic (exact) mass is 359 g/mol. The number of nitrogens with zero attached hydrogens (tertiary/aromatic N) is 1. The second-order valence-electron chi connectivity index (χ2n) is 4.42. The van der Waals surface area contributed by atoms with Crippen molar-refractivity contribution in [2.24, 2.45) is 0 Å². The Kier molecular flexibility index (Phi) is 5.82. The SMILES string of the molecule is CCN(CC(=O)O)S(=O)(=O)Cc1cc(Cl)cc(C(F)(F)F)c1. The second kappa shape index (κ2) is 6.84. The first-order valence-electron chi connectivity index (χ1n) is 6.02. The molecular weight excluding hydrogens is 347 g/mol. The van der Waals surface area contributed by atoms with Crippen LogP contribution in [0.3, 0.4) is 0 Å². The van der Waals surface area contributed by atoms with E-state index in [1.807, 2.05) is 0 Å². The molecular formula is C12H13ClF3NO4S. The molecule has 0 fully saturated rings. The van der Waals surface area contributed by atoms with Crippen LogP contribution in [0, 0.1) is 0 Å². The minimum Gasteiger partial charge on any atom is -0.480 e. The van der Waals surface area contributed by atoms with Crippen molar-refractivity contribution < 1.29 is 31.5 Å². The second-order valence-corrected chi connectivity index (χ2v) is 6.83. The number of halogens is 4. The number of carbonyl (C=O) groups is 1. The van der Waals surface area contributed by atoms with E-state index >= 15 is 0 Å². The molecule has 0 unspecified atom stereocenters. The molecule has 0 saturated carbocycles. The molecule has 0 aliphatic heterocycles. The van der Waals surface area contributed by atoms with Gasteiger partial charge in [-0.3, -0.25) is 4.79 Å². The fourth-order valence-corrected chi connectivity index (χ4v) is 3.49. The number of carboxylic acid groups (broad SMARTS) is 1. The van der Waals surface area contributed by atoms with Crippen LogP contribution in [-0.4, -0.2) is 36.9 Å². The Morgan fingerprint density at radius 1 is 1.32 bits per heavy atom. The number of hydrogen-bond donors (Lipinski definition) is 1. The summed E-state index contributed by atoms with van der Waals surface area (Å²) in [7, 11) is -4.07. The number of sulfonamides is 1. The van der Waals surface area contributed by atoms with E-state index in [1.165, 1.54) is 6.92 Å². The molecule has 0 amide bonds. The lowest BCUT2D eigenvalue weighted by Gasteiger charge is -2.19. The van der Waals surface area contributed by atoms with Crippen molar-refractivity contribution in [2.75, 3.05) is 13.1 Å². The van der Waals surface area contributed by atoms with Gasteiger partial charge in [-0.05, 0) is 23.8 Å². The van der Waals surface area contributed by atoms with E-state index < -0.39 is 40.0 Å². The highest BCUT2D eigenvalue weighted by atomic mass is 35.5. The van der Waals surface area contributed by atoms with Gasteiger partial charge in [-0.15, -0.1) is 0 Å². The highest BCUT2D eigenvalue weighted by Crippen LogP contribution is 2.32. The van der Waals surface area contributed by atoms with Gasteiger partial charge < -0.3 is 5.11 Å². The molecule has 0 radical (unpaired) electrons. The van der Waals surface area contributed by atoms with Gasteiger partial charge in [-0.25, -0.2) is 8.42 Å². The van der Waals surface area contributed by atoms with E-state index in [9.17, 15) is 26.4 Å². The first-order valence-corrected chi connectivity index (χ1v) is 8.00. The number of aliphatic carboxylic acids is 1. The molecule has 0 spiro atoms. The highest BCUT2D eigenvalue weighted by molar-refractivity contribution is 7.88. The minimum atomic E-state index is -4.66. The van der Waals surface area contributed by atoms with Gasteiger partial charge in [0.05, 0.1) is 11.3 Å². The maximum Gasteiger partial charge on any atom is 0.416 e. The third kappa shape index (κ3) is 5.15. The lowest BCUT2D eigenvalue weighted by Crippen LogP contribution is -2.36. The van der Waals surface area contributed by atoms with Gasteiger partial charge in [0.1, 0.15) is 6.54 Å². The predicted molar refractivity (Wildman–Crippen MR) is 74.0 cm³/mol. The van der Waals surface area contributed by atoms with Crippen molar-refractivity contribution in [3.05, 3.63) is 34.3 Å². The first kappa shape index (κ1) is 18.7. The molecule has 22 heavy (non-hydrogen) atoms. The molecule has 1 rings (SSSR count). The van der Waals surface area contributed by atoms with Crippen molar-refractivity contribution >= 4 is 27.6 Å². The molecule has 1 N–H and O–H groups in total. The van der Waals surface area contributed by atoms with Crippen LogP contribution in [0.2, 0.25) is 5.02 Å². The van der Waals surface area contributed by atoms with Crippen LogP contribution in [0.1, 0.15) is 18.1 Å². The standard InChI is InChI=1S/C12H13ClF3NO4S/c1-2-17(6-11(18)19)22(20,21)7-8-3-9(12(14,15)16)5-10(13)4-8/h3-5H,2,6-7H2,1H3,(H,18,19). The number of rotatable bonds is 6. The van der Waals surface area contributed by atoms with Crippen LogP contribution < -0.4 is 0 Å². The summed E-state index contributed by atoms with van der Waals surface area (Å²) in [6.45, 7) is 0.562. The smallest absolute Gasteiger partial charge is 0.416 e. The van der Waals surface area contributed by atoms with E-state index in [-0.39, 0.29) is 17.1 Å². The summed E-state index contributed by atoms with van der Waals surface area (Å²) in [6, 6.07) is 2.47. The zero-order valence-corrected chi connectivity index (χ0v) is 13.0. The lowest BCUT2D eigenvalue weighted by atomic mass is 10.1. The van der Waals surface area contributed by atoms with E-state index in [1.54, 1.807) is 0 Å². The zero-order valence-electron chi connectivity index (χ0n) is 11.4. The summed E-state index contributed by atoms with van der Waals surface area (Å²) in [5, 5.41) is 8.41. The van der Waals surface area contributed by atoms with Crippen molar-refractivity contribution in [1.29, 1.82) is 0 Å². The molecule has 0 atom stereocenters. The Morgan fingerprint density at radius 2 is 1.91 bits per heavy atom. The third-order valence-corrected chi connectivity index (χ3v) is 4.78. The van der Waals surface area contributed by atoms with Gasteiger partial charge in [0, 0.05) is 11.6 Å². The van der Waals surface area contributed by atoms with Crippen molar-refractivity contribution in [2.45, 2.75) is 18.9 Å². The van der Waals surface area contributed by atoms with E-state index in [0.717, 1.165) is 6.07 Å². The van der Waals surface area contributed by atoms with Crippen LogP contribution in [0.25, 0.3) is 0 Å². The summed E-state index contributed by atoms with van der Waals surface area (Å²) >= 11 is 5.58. The maximum atomic E-state index is 12.7. The average Bonchev–Trinajstić information content (AvgIpc) is 2.33. The summed E-state index contributed by atoms with van der Waals surface area (Å²) in [4.78, 5) is 10.6. The summed E-state index contributed by atoms with van der Waals surface area (Å²) in [6.07, 6.45) is -4.66. The van der Waals surface area contributed by atoms with E-state index in [4.69, 9.17) is 16.7 Å². The summed E-state index contributed by atoms with van der Waals surface area (Å²) < 4.78 is 62.9. The number of likely N-dealkylation sites (N-methyl/N-ethyl adjacent to an activating group) is 1. The largest absolute Gasteiger partial charge is 0.480 e. The molecule has 10 heteroatoms. The van der Waals surface area contributed by atoms with Crippen LogP contribution in [0.15, 0.2) is 18.2 Å². The van der Waals surface area contributed by atoms with Crippen LogP contribution in [-0.2, 0) is 26.7 Å². The van der Waals surface area contributed by atoms with Crippen LogP contribution in [0.5, 0.6) is 0 Å². The zero-order chi connectivity index (χ0) is 17.1. The summed E-state index contributed by atoms with van der Waals surface area (Å²) in [5.41, 5.74) is -1.23. The molecule has 124 valence electrons. The number of alkyl halides is 3. The van der Waals surface area contributed by atoms with Gasteiger partial charge >= 0.3 is 12.1 Å². The number of carboxylic acids is 1. The minimum absolute atomic E-state index is 0.110. The quantitative estimate of drug-likeness (QED) is 0.847. The van der Waals surface area contributed by atoms with Gasteiger partial charge in [0.2, 0.25) is 10.0 Å². The Hall–Kier alpha value is -1.32. The van der Waals surface area contributed by atoms with Crippen LogP contribution >= 0.6 is 11.6 Å². The number of hydrogen-bond acceptors (Lipinski definition) is 3. The van der Waals surface area contributed by atoms with Gasteiger partial charge in [-0.2, -0.15) is 17.5 Å². The predicted octanol–water partition coefficient (Wildman–Crippen LogP) is 2.60. The summed E-state index contributed by atoms with van der Waals surface area (Å²) in [5.74, 6) is -2.12. The molecule has 0 saturated heterocycles. The van der Waals surface area contributed by atoms with E-state index in [2.05, 4.69) is 0 Å². The number of benzene rings is 1. The van der Waals surface area contributed by atoms with Gasteiger partial charge in [-0.1, -0.05) is 18.5 Å². The fourth-order valence-electron chi connectivity index (χ4n) is 1.76. The fraction of sp³-hybridized carbons (Fsp3) is 0.417. The first-order chi connectivity index (χ1) is 9.95. The normalized spacial score (nSPS) is 12.6. The molecule has 0 heterocycles. The van der Waals surface area contributed by atoms with E-state index in [0.29, 0.717) is 16.4 Å². The Morgan fingerprint density at radius 3 is 2.36 bits per heavy atom. The molecule has 5 nitrogen and oxygen atoms in total. The molecule has 0 aromatic heterocycles. The average molecular weight is 360 g/mol. The Labute approximate surface area is 130 Å². The Bertz CT molecular complexity index is 661. The Balaban J connectivity index is 3.12. The molecule has 0 bridgehead atoms. The lowest BCUT2D eigenvalue weighted by molar-refractivity contribution is -0.138. The highest BCUT2D eigenvalue weighted by Gasteiger charge is 2.32. The third-order valence-electron chi connectivity index (χ3n) is 2.69. The van der Waals surface area contributed by atoms with Gasteiger partial charge in [0.25, 0.3) is 0 Å². The van der Waals surface area contributed by atoms with Crippen molar-refractivity contribution in [3.8, 4) is 0 Å². The molecule has 1 aromatic rings. The molecule has 0 aliphatic rings. The topological polar surface area (TPSA) is 74.7 Å². The molecule has 1 aromatic carbocycles. The van der Waals surface area contributed by atoms with Crippen molar-refractivity contribution in [3.63, 3.8) is 0 Å². The van der Waals surface area contributed by atoms with Crippen LogP contribution in [0.4, 0.5) is 13.2 Å².